The molecule has 31 heavy (non-hydrogen) atoms. The summed E-state index contributed by atoms with van der Waals surface area (Å²) in [5.74, 6) is 1.57. The standard InChI is InChI=1S/C25H30N4O2.H2/c1-16-8-9-24(2)23(30)29-20-15-17(28-11-13-31-14-12-28)6-7-19(20)27-22-18(5-4-10-26-22)21(29)25(16,24)3;/h4-7,10,15-16,21H,8-9,11-14H2,1-3H3,(H,26,27);1H/t16-,21?,24-,25?;/m0./s1. The lowest BCUT2D eigenvalue weighted by molar-refractivity contribution is -0.127. The van der Waals surface area contributed by atoms with E-state index in [4.69, 9.17) is 9.72 Å². The fourth-order valence-electron chi connectivity index (χ4n) is 6.60. The number of ether oxygens (including phenoxy) is 1. The highest BCUT2D eigenvalue weighted by molar-refractivity contribution is 6.06. The number of hydrogen-bond acceptors (Lipinski definition) is 5. The van der Waals surface area contributed by atoms with Crippen LogP contribution in [0.1, 0.15) is 46.6 Å². The second-order valence-corrected chi connectivity index (χ2v) is 10.00. The van der Waals surface area contributed by atoms with E-state index in [9.17, 15) is 4.79 Å². The molecule has 1 saturated carbocycles. The van der Waals surface area contributed by atoms with E-state index in [0.29, 0.717) is 5.92 Å². The Balaban J connectivity index is 0.00000216. The lowest BCUT2D eigenvalue weighted by Crippen LogP contribution is -2.38. The Morgan fingerprint density at radius 1 is 1.23 bits per heavy atom. The first-order valence-corrected chi connectivity index (χ1v) is 11.5. The number of fused-ring (bicyclic) bond motifs is 7. The average molecular weight is 421 g/mol. The molecule has 3 fully saturated rings. The van der Waals surface area contributed by atoms with E-state index >= 15 is 0 Å². The Morgan fingerprint density at radius 2 is 2.03 bits per heavy atom. The maximum atomic E-state index is 14.2. The van der Waals surface area contributed by atoms with E-state index in [0.717, 1.165) is 67.6 Å². The number of benzene rings is 1. The quantitative estimate of drug-likeness (QED) is 0.721. The van der Waals surface area contributed by atoms with Crippen molar-refractivity contribution in [2.24, 2.45) is 16.7 Å². The number of hydrogen-bond donors (Lipinski definition) is 1. The lowest BCUT2D eigenvalue weighted by atomic mass is 9.62. The van der Waals surface area contributed by atoms with Gasteiger partial charge in [0.2, 0.25) is 5.91 Å². The highest BCUT2D eigenvalue weighted by atomic mass is 16.5. The van der Waals surface area contributed by atoms with Crippen molar-refractivity contribution in [2.75, 3.05) is 41.4 Å². The van der Waals surface area contributed by atoms with Gasteiger partial charge in [-0.05, 0) is 43.0 Å². The maximum absolute atomic E-state index is 14.2. The average Bonchev–Trinajstić information content (AvgIpc) is 3.06. The molecule has 6 nitrogen and oxygen atoms in total. The number of carbonyl (C=O) groups excluding carboxylic acids is 1. The maximum Gasteiger partial charge on any atom is 0.234 e. The minimum atomic E-state index is -0.367. The van der Waals surface area contributed by atoms with Gasteiger partial charge in [0.25, 0.3) is 0 Å². The van der Waals surface area contributed by atoms with E-state index in [1.165, 1.54) is 0 Å². The van der Waals surface area contributed by atoms with Crippen molar-refractivity contribution in [3.8, 4) is 0 Å². The third-order valence-electron chi connectivity index (χ3n) is 8.81. The van der Waals surface area contributed by atoms with Gasteiger partial charge in [-0.1, -0.05) is 26.8 Å². The van der Waals surface area contributed by atoms with Crippen molar-refractivity contribution >= 4 is 28.8 Å². The molecule has 2 unspecified atom stereocenters. The van der Waals surface area contributed by atoms with Crippen LogP contribution in [0.2, 0.25) is 0 Å². The molecule has 3 aliphatic heterocycles. The van der Waals surface area contributed by atoms with Crippen LogP contribution in [0.15, 0.2) is 36.5 Å². The molecule has 1 aliphatic carbocycles. The summed E-state index contributed by atoms with van der Waals surface area (Å²) in [5, 5.41) is 3.56. The van der Waals surface area contributed by atoms with Gasteiger partial charge in [-0.15, -0.1) is 0 Å². The minimum Gasteiger partial charge on any atom is -0.378 e. The van der Waals surface area contributed by atoms with Crippen molar-refractivity contribution in [3.05, 3.63) is 42.1 Å². The van der Waals surface area contributed by atoms with Gasteiger partial charge in [0.1, 0.15) is 5.82 Å². The summed E-state index contributed by atoms with van der Waals surface area (Å²) in [6, 6.07) is 10.6. The SMILES string of the molecule is C[C@H]1CC[C@@]2(C)C(=O)N3c4cc(N5CCOCC5)ccc4Nc4ncccc4C3C12C.[HH]. The number of nitrogens with zero attached hydrogens (tertiary/aromatic N) is 3. The molecule has 164 valence electrons. The summed E-state index contributed by atoms with van der Waals surface area (Å²) < 4.78 is 5.54. The minimum absolute atomic E-state index is 0. The third-order valence-corrected chi connectivity index (χ3v) is 8.81. The van der Waals surface area contributed by atoms with Crippen LogP contribution < -0.4 is 15.1 Å². The molecule has 1 aromatic carbocycles. The molecule has 0 spiro atoms. The predicted octanol–water partition coefficient (Wildman–Crippen LogP) is 4.75. The molecule has 1 N–H and O–H groups in total. The topological polar surface area (TPSA) is 57.7 Å². The predicted molar refractivity (Wildman–Crippen MR) is 124 cm³/mol. The summed E-state index contributed by atoms with van der Waals surface area (Å²) in [4.78, 5) is 23.3. The number of morpholine rings is 1. The Kier molecular flexibility index (Phi) is 3.98. The van der Waals surface area contributed by atoms with Gasteiger partial charge in [-0.3, -0.25) is 4.79 Å². The van der Waals surface area contributed by atoms with Crippen LogP contribution in [0.25, 0.3) is 0 Å². The van der Waals surface area contributed by atoms with Gasteiger partial charge in [0.15, 0.2) is 0 Å². The van der Waals surface area contributed by atoms with Gasteiger partial charge in [-0.2, -0.15) is 0 Å². The summed E-state index contributed by atoms with van der Waals surface area (Å²) >= 11 is 0. The molecule has 6 heteroatoms. The van der Waals surface area contributed by atoms with Crippen LogP contribution in [0.5, 0.6) is 0 Å². The summed E-state index contributed by atoms with van der Waals surface area (Å²) in [5.41, 5.74) is 3.68. The van der Waals surface area contributed by atoms with E-state index in [1.54, 1.807) is 0 Å². The van der Waals surface area contributed by atoms with Gasteiger partial charge >= 0.3 is 0 Å². The van der Waals surface area contributed by atoms with Crippen LogP contribution in [-0.4, -0.2) is 37.2 Å². The highest BCUT2D eigenvalue weighted by Crippen LogP contribution is 2.70. The van der Waals surface area contributed by atoms with Crippen molar-refractivity contribution in [1.82, 2.24) is 4.98 Å². The van der Waals surface area contributed by atoms with Gasteiger partial charge < -0.3 is 19.9 Å². The molecule has 4 heterocycles. The normalized spacial score (nSPS) is 33.8. The van der Waals surface area contributed by atoms with E-state index < -0.39 is 0 Å². The lowest BCUT2D eigenvalue weighted by Gasteiger charge is -2.40. The van der Waals surface area contributed by atoms with Crippen molar-refractivity contribution in [3.63, 3.8) is 0 Å². The van der Waals surface area contributed by atoms with Gasteiger partial charge in [0, 0.05) is 37.4 Å². The third kappa shape index (κ3) is 2.37. The van der Waals surface area contributed by atoms with Crippen molar-refractivity contribution < 1.29 is 11.0 Å². The molecular weight excluding hydrogens is 388 g/mol. The number of nitrogens with one attached hydrogen (secondary N) is 1. The number of carbonyl (C=O) groups is 1. The fourth-order valence-corrected chi connectivity index (χ4v) is 6.60. The van der Waals surface area contributed by atoms with E-state index in [1.807, 2.05) is 12.3 Å². The van der Waals surface area contributed by atoms with Crippen LogP contribution >= 0.6 is 0 Å². The number of anilines is 4. The number of pyridine rings is 1. The van der Waals surface area contributed by atoms with Gasteiger partial charge in [-0.25, -0.2) is 4.98 Å². The zero-order valence-corrected chi connectivity index (χ0v) is 18.5. The monoisotopic (exact) mass is 420 g/mol. The zero-order chi connectivity index (χ0) is 21.4. The molecule has 1 aromatic heterocycles. The molecule has 0 radical (unpaired) electrons. The summed E-state index contributed by atoms with van der Waals surface area (Å²) in [6.07, 6.45) is 3.87. The molecule has 0 bridgehead atoms. The number of rotatable bonds is 1. The molecule has 2 saturated heterocycles. The highest BCUT2D eigenvalue weighted by Gasteiger charge is 2.69. The first kappa shape index (κ1) is 19.1. The molecule has 4 aliphatic rings. The largest absolute Gasteiger partial charge is 0.378 e. The van der Waals surface area contributed by atoms with Gasteiger partial charge in [0.05, 0.1) is 36.0 Å². The fraction of sp³-hybridized carbons (Fsp3) is 0.520. The molecule has 4 atom stereocenters. The van der Waals surface area contributed by atoms with Crippen molar-refractivity contribution in [1.29, 1.82) is 0 Å². The second kappa shape index (κ2) is 6.45. The molecule has 1 amide bonds. The summed E-state index contributed by atoms with van der Waals surface area (Å²) in [7, 11) is 0. The Morgan fingerprint density at radius 3 is 2.84 bits per heavy atom. The first-order chi connectivity index (χ1) is 14.9. The van der Waals surface area contributed by atoms with Crippen LogP contribution in [0.4, 0.5) is 22.9 Å². The first-order valence-electron chi connectivity index (χ1n) is 11.5. The Labute approximate surface area is 185 Å². The van der Waals surface area contributed by atoms with Crippen molar-refractivity contribution in [2.45, 2.75) is 39.7 Å². The molecule has 6 rings (SSSR count). The van der Waals surface area contributed by atoms with E-state index in [-0.39, 0.29) is 24.2 Å². The van der Waals surface area contributed by atoms with Crippen LogP contribution in [-0.2, 0) is 9.53 Å². The smallest absolute Gasteiger partial charge is 0.234 e. The Hall–Kier alpha value is -2.60. The zero-order valence-electron chi connectivity index (χ0n) is 18.5. The molecule has 2 aromatic rings. The summed E-state index contributed by atoms with van der Waals surface area (Å²) in [6.45, 7) is 10.1. The molecular formula is C25H32N4O2. The Bertz CT molecular complexity index is 1070. The van der Waals surface area contributed by atoms with Crippen LogP contribution in [0, 0.1) is 16.7 Å². The number of amides is 1. The number of aromatic nitrogens is 1. The van der Waals surface area contributed by atoms with E-state index in [2.05, 4.69) is 60.2 Å². The second-order valence-electron chi connectivity index (χ2n) is 10.00. The van der Waals surface area contributed by atoms with Crippen LogP contribution in [0.3, 0.4) is 0 Å².